The van der Waals surface area contributed by atoms with Crippen LogP contribution in [0.2, 0.25) is 0 Å². The van der Waals surface area contributed by atoms with E-state index in [9.17, 15) is 18.0 Å². The van der Waals surface area contributed by atoms with Crippen LogP contribution in [0.5, 0.6) is 0 Å². The van der Waals surface area contributed by atoms with E-state index in [0.717, 1.165) is 5.56 Å². The minimum absolute atomic E-state index is 0.0610. The van der Waals surface area contributed by atoms with Gasteiger partial charge in [-0.05, 0) is 31.4 Å². The van der Waals surface area contributed by atoms with Crippen LogP contribution in [-0.4, -0.2) is 18.8 Å². The maximum absolute atomic E-state index is 13.1. The summed E-state index contributed by atoms with van der Waals surface area (Å²) in [7, 11) is 0. The Bertz CT molecular complexity index is 543. The standard InChI is InChI=1S/C15H15F3O2/c1-3-20-13(19)14(15(16,17)18)9-12(14)8-11-6-4-10(2)5-7-11/h4-8H,3,9H2,1-2H3/b12-8+. The van der Waals surface area contributed by atoms with Crippen LogP contribution >= 0.6 is 0 Å². The fraction of sp³-hybridized carbons (Fsp3) is 0.400. The van der Waals surface area contributed by atoms with E-state index in [1.807, 2.05) is 19.1 Å². The molecule has 1 unspecified atom stereocenters. The summed E-state index contributed by atoms with van der Waals surface area (Å²) in [6.07, 6.45) is -3.51. The van der Waals surface area contributed by atoms with Gasteiger partial charge in [0.05, 0.1) is 6.61 Å². The van der Waals surface area contributed by atoms with Gasteiger partial charge in [0.2, 0.25) is 0 Å². The van der Waals surface area contributed by atoms with Crippen LogP contribution in [-0.2, 0) is 9.53 Å². The highest BCUT2D eigenvalue weighted by Crippen LogP contribution is 2.63. The molecule has 0 saturated heterocycles. The molecule has 1 aliphatic carbocycles. The molecule has 5 heteroatoms. The average molecular weight is 284 g/mol. The van der Waals surface area contributed by atoms with E-state index in [-0.39, 0.29) is 18.6 Å². The lowest BCUT2D eigenvalue weighted by molar-refractivity contribution is -0.202. The van der Waals surface area contributed by atoms with Gasteiger partial charge in [0, 0.05) is 0 Å². The molecule has 0 bridgehead atoms. The fourth-order valence-corrected chi connectivity index (χ4v) is 2.14. The van der Waals surface area contributed by atoms with Crippen LogP contribution < -0.4 is 0 Å². The summed E-state index contributed by atoms with van der Waals surface area (Å²) in [5.74, 6) is -1.20. The third-order valence-corrected chi connectivity index (χ3v) is 3.40. The molecule has 1 aromatic carbocycles. The molecule has 0 spiro atoms. The number of carbonyl (C=O) groups is 1. The molecule has 0 aliphatic heterocycles. The molecular weight excluding hydrogens is 269 g/mol. The number of aryl methyl sites for hydroxylation is 1. The topological polar surface area (TPSA) is 26.3 Å². The molecule has 2 rings (SSSR count). The molecule has 0 heterocycles. The zero-order valence-corrected chi connectivity index (χ0v) is 11.3. The average Bonchev–Trinajstić information content (AvgIpc) is 3.08. The molecule has 0 N–H and O–H groups in total. The predicted molar refractivity (Wildman–Crippen MR) is 68.9 cm³/mol. The van der Waals surface area contributed by atoms with Gasteiger partial charge in [-0.25, -0.2) is 0 Å². The van der Waals surface area contributed by atoms with E-state index in [4.69, 9.17) is 0 Å². The Kier molecular flexibility index (Phi) is 3.63. The van der Waals surface area contributed by atoms with Crippen LogP contribution in [0.25, 0.3) is 6.08 Å². The van der Waals surface area contributed by atoms with Gasteiger partial charge in [-0.3, -0.25) is 4.79 Å². The molecule has 2 nitrogen and oxygen atoms in total. The van der Waals surface area contributed by atoms with Crippen LogP contribution in [0.1, 0.15) is 24.5 Å². The van der Waals surface area contributed by atoms with Crippen molar-refractivity contribution in [2.24, 2.45) is 5.41 Å². The lowest BCUT2D eigenvalue weighted by Crippen LogP contribution is -2.34. The number of rotatable bonds is 3. The van der Waals surface area contributed by atoms with Gasteiger partial charge in [0.1, 0.15) is 0 Å². The molecule has 0 aromatic heterocycles. The first-order chi connectivity index (χ1) is 9.31. The maximum atomic E-state index is 13.1. The summed E-state index contributed by atoms with van der Waals surface area (Å²) in [4.78, 5) is 11.6. The summed E-state index contributed by atoms with van der Waals surface area (Å²) in [6.45, 7) is 3.33. The van der Waals surface area contributed by atoms with Crippen molar-refractivity contribution in [3.05, 3.63) is 41.0 Å². The highest BCUT2D eigenvalue weighted by atomic mass is 19.4. The molecular formula is C15H15F3O2. The van der Waals surface area contributed by atoms with Crippen LogP contribution in [0, 0.1) is 12.3 Å². The molecule has 1 aliphatic rings. The Labute approximate surface area is 115 Å². The first kappa shape index (κ1) is 14.6. The van der Waals surface area contributed by atoms with Gasteiger partial charge in [0.25, 0.3) is 0 Å². The fourth-order valence-electron chi connectivity index (χ4n) is 2.14. The van der Waals surface area contributed by atoms with E-state index < -0.39 is 17.6 Å². The smallest absolute Gasteiger partial charge is 0.408 e. The van der Waals surface area contributed by atoms with Crippen LogP contribution in [0.3, 0.4) is 0 Å². The number of carbonyl (C=O) groups excluding carboxylic acids is 1. The van der Waals surface area contributed by atoms with E-state index >= 15 is 0 Å². The summed E-state index contributed by atoms with van der Waals surface area (Å²) in [6, 6.07) is 7.09. The number of hydrogen-bond donors (Lipinski definition) is 0. The minimum atomic E-state index is -4.62. The van der Waals surface area contributed by atoms with E-state index in [1.54, 1.807) is 12.1 Å². The second-order valence-corrected chi connectivity index (χ2v) is 4.88. The van der Waals surface area contributed by atoms with E-state index in [0.29, 0.717) is 5.56 Å². The lowest BCUT2D eigenvalue weighted by Gasteiger charge is -2.17. The normalized spacial score (nSPS) is 23.8. The van der Waals surface area contributed by atoms with Crippen LogP contribution in [0.15, 0.2) is 29.8 Å². The number of ether oxygens (including phenoxy) is 1. The van der Waals surface area contributed by atoms with Gasteiger partial charge >= 0.3 is 12.1 Å². The molecule has 20 heavy (non-hydrogen) atoms. The first-order valence-electron chi connectivity index (χ1n) is 6.33. The van der Waals surface area contributed by atoms with Crippen molar-refractivity contribution in [3.63, 3.8) is 0 Å². The van der Waals surface area contributed by atoms with Crippen molar-refractivity contribution in [1.82, 2.24) is 0 Å². The molecule has 0 radical (unpaired) electrons. The van der Waals surface area contributed by atoms with Crippen molar-refractivity contribution < 1.29 is 22.7 Å². The number of esters is 1. The Morgan fingerprint density at radius 3 is 2.45 bits per heavy atom. The highest BCUT2D eigenvalue weighted by Gasteiger charge is 2.73. The SMILES string of the molecule is CCOC(=O)C1(C(F)(F)F)C/C1=C\c1ccc(C)cc1. The van der Waals surface area contributed by atoms with E-state index in [1.165, 1.54) is 13.0 Å². The summed E-state index contributed by atoms with van der Waals surface area (Å²) in [5.41, 5.74) is -0.697. The monoisotopic (exact) mass is 284 g/mol. The Morgan fingerprint density at radius 2 is 1.95 bits per heavy atom. The number of alkyl halides is 3. The zero-order valence-electron chi connectivity index (χ0n) is 11.3. The van der Waals surface area contributed by atoms with Crippen molar-refractivity contribution in [2.45, 2.75) is 26.4 Å². The van der Waals surface area contributed by atoms with Gasteiger partial charge in [-0.1, -0.05) is 35.9 Å². The van der Waals surface area contributed by atoms with Crippen molar-refractivity contribution in [3.8, 4) is 0 Å². The van der Waals surface area contributed by atoms with Gasteiger partial charge < -0.3 is 4.74 Å². The second-order valence-electron chi connectivity index (χ2n) is 4.88. The van der Waals surface area contributed by atoms with Crippen molar-refractivity contribution in [2.75, 3.05) is 6.61 Å². The minimum Gasteiger partial charge on any atom is -0.465 e. The number of benzene rings is 1. The van der Waals surface area contributed by atoms with Crippen LogP contribution in [0.4, 0.5) is 13.2 Å². The highest BCUT2D eigenvalue weighted by molar-refractivity contribution is 5.90. The van der Waals surface area contributed by atoms with Crippen molar-refractivity contribution in [1.29, 1.82) is 0 Å². The third-order valence-electron chi connectivity index (χ3n) is 3.40. The quantitative estimate of drug-likeness (QED) is 0.787. The molecule has 1 atom stereocenters. The summed E-state index contributed by atoms with van der Waals surface area (Å²) >= 11 is 0. The van der Waals surface area contributed by atoms with E-state index in [2.05, 4.69) is 4.74 Å². The van der Waals surface area contributed by atoms with Gasteiger partial charge in [0.15, 0.2) is 5.41 Å². The molecule has 1 fully saturated rings. The maximum Gasteiger partial charge on any atom is 0.408 e. The van der Waals surface area contributed by atoms with Crippen molar-refractivity contribution >= 4 is 12.0 Å². The Balaban J connectivity index is 2.31. The zero-order chi connectivity index (χ0) is 15.0. The summed E-state index contributed by atoms with van der Waals surface area (Å²) < 4.78 is 44.0. The predicted octanol–water partition coefficient (Wildman–Crippen LogP) is 3.89. The first-order valence-corrected chi connectivity index (χ1v) is 6.33. The summed E-state index contributed by atoms with van der Waals surface area (Å²) in [5, 5.41) is 0. The molecule has 0 amide bonds. The molecule has 1 saturated carbocycles. The third kappa shape index (κ3) is 2.44. The number of hydrogen-bond acceptors (Lipinski definition) is 2. The van der Waals surface area contributed by atoms with Gasteiger partial charge in [-0.15, -0.1) is 0 Å². The largest absolute Gasteiger partial charge is 0.465 e. The molecule has 108 valence electrons. The molecule has 1 aromatic rings. The second kappa shape index (κ2) is 4.96. The Morgan fingerprint density at radius 1 is 1.35 bits per heavy atom. The van der Waals surface area contributed by atoms with Gasteiger partial charge in [-0.2, -0.15) is 13.2 Å². The Hall–Kier alpha value is -1.78. The number of halogens is 3. The lowest BCUT2D eigenvalue weighted by atomic mass is 10.0.